The van der Waals surface area contributed by atoms with Crippen molar-refractivity contribution in [3.8, 4) is 11.5 Å². The summed E-state index contributed by atoms with van der Waals surface area (Å²) in [7, 11) is 0. The molecule has 3 N–H and O–H groups in total. The monoisotopic (exact) mass is 292 g/mol. The van der Waals surface area contributed by atoms with Crippen molar-refractivity contribution in [3.05, 3.63) is 23.8 Å². The van der Waals surface area contributed by atoms with E-state index in [2.05, 4.69) is 10.6 Å². The Kier molecular flexibility index (Phi) is 4.26. The maximum atomic E-state index is 12.0. The molecule has 21 heavy (non-hydrogen) atoms. The molecule has 1 fully saturated rings. The molecule has 2 aliphatic rings. The fourth-order valence-electron chi connectivity index (χ4n) is 2.55. The number of amides is 1. The quantitative estimate of drug-likeness (QED) is 0.741. The van der Waals surface area contributed by atoms with E-state index in [1.165, 1.54) is 0 Å². The highest BCUT2D eigenvalue weighted by Gasteiger charge is 2.27. The maximum absolute atomic E-state index is 12.0. The summed E-state index contributed by atoms with van der Waals surface area (Å²) in [5, 5.41) is 15.3. The Labute approximate surface area is 123 Å². The SMILES string of the molecule is O=C(NCc1ccc2c(c1)OCCCO2)[C@H]1C[C@@H](O)CN1. The topological polar surface area (TPSA) is 79.8 Å². The Morgan fingerprint density at radius 2 is 2.14 bits per heavy atom. The number of benzene rings is 1. The first-order valence-electron chi connectivity index (χ1n) is 7.30. The molecule has 1 aromatic carbocycles. The van der Waals surface area contributed by atoms with E-state index in [0.717, 1.165) is 23.5 Å². The van der Waals surface area contributed by atoms with Crippen molar-refractivity contribution in [1.29, 1.82) is 0 Å². The van der Waals surface area contributed by atoms with Gasteiger partial charge in [0.05, 0.1) is 25.4 Å². The zero-order valence-electron chi connectivity index (χ0n) is 11.8. The van der Waals surface area contributed by atoms with Crippen molar-refractivity contribution < 1.29 is 19.4 Å². The molecule has 0 aliphatic carbocycles. The third-order valence-corrected chi connectivity index (χ3v) is 3.70. The number of β-amino-alcohol motifs (C(OH)–C–C–N with tert-alkyl or cyclic N) is 1. The molecule has 0 saturated carbocycles. The van der Waals surface area contributed by atoms with Crippen LogP contribution < -0.4 is 20.1 Å². The molecule has 0 unspecified atom stereocenters. The van der Waals surface area contributed by atoms with Gasteiger partial charge in [-0.2, -0.15) is 0 Å². The molecule has 0 radical (unpaired) electrons. The van der Waals surface area contributed by atoms with E-state index in [1.54, 1.807) is 0 Å². The summed E-state index contributed by atoms with van der Waals surface area (Å²) in [6.07, 6.45) is 0.905. The molecule has 2 atom stereocenters. The number of fused-ring (bicyclic) bond motifs is 1. The van der Waals surface area contributed by atoms with Gasteiger partial charge in [-0.15, -0.1) is 0 Å². The van der Waals surface area contributed by atoms with Crippen LogP contribution in [-0.4, -0.2) is 42.9 Å². The van der Waals surface area contributed by atoms with Gasteiger partial charge in [-0.3, -0.25) is 4.79 Å². The molecule has 1 amide bonds. The number of carbonyl (C=O) groups excluding carboxylic acids is 1. The van der Waals surface area contributed by atoms with Crippen molar-refractivity contribution in [2.24, 2.45) is 0 Å². The molecule has 1 saturated heterocycles. The highest BCUT2D eigenvalue weighted by Crippen LogP contribution is 2.30. The van der Waals surface area contributed by atoms with Gasteiger partial charge in [-0.25, -0.2) is 0 Å². The number of aliphatic hydroxyl groups excluding tert-OH is 1. The second kappa shape index (κ2) is 6.32. The molecule has 6 heteroatoms. The van der Waals surface area contributed by atoms with Gasteiger partial charge < -0.3 is 25.2 Å². The van der Waals surface area contributed by atoms with Gasteiger partial charge in [0.25, 0.3) is 0 Å². The number of hydrogen-bond donors (Lipinski definition) is 3. The molecule has 6 nitrogen and oxygen atoms in total. The van der Waals surface area contributed by atoms with Gasteiger partial charge in [0.2, 0.25) is 5.91 Å². The first kappa shape index (κ1) is 14.2. The van der Waals surface area contributed by atoms with Gasteiger partial charge in [-0.1, -0.05) is 6.07 Å². The minimum atomic E-state index is -0.432. The lowest BCUT2D eigenvalue weighted by Gasteiger charge is -2.12. The van der Waals surface area contributed by atoms with Crippen LogP contribution in [0.15, 0.2) is 18.2 Å². The molecular formula is C15H20N2O4. The summed E-state index contributed by atoms with van der Waals surface area (Å²) in [5.74, 6) is 1.40. The van der Waals surface area contributed by atoms with Crippen LogP contribution in [-0.2, 0) is 11.3 Å². The number of ether oxygens (including phenoxy) is 2. The predicted octanol–water partition coefficient (Wildman–Crippen LogP) is 0.187. The number of hydrogen-bond acceptors (Lipinski definition) is 5. The Balaban J connectivity index is 1.58. The summed E-state index contributed by atoms with van der Waals surface area (Å²) in [5.41, 5.74) is 0.964. The second-order valence-corrected chi connectivity index (χ2v) is 5.40. The van der Waals surface area contributed by atoms with Gasteiger partial charge in [-0.05, 0) is 24.1 Å². The number of nitrogens with one attached hydrogen (secondary N) is 2. The zero-order chi connectivity index (χ0) is 14.7. The average Bonchev–Trinajstić information content (AvgIpc) is 2.79. The van der Waals surface area contributed by atoms with Crippen LogP contribution in [0.5, 0.6) is 11.5 Å². The van der Waals surface area contributed by atoms with E-state index >= 15 is 0 Å². The van der Waals surface area contributed by atoms with Gasteiger partial charge >= 0.3 is 0 Å². The largest absolute Gasteiger partial charge is 0.490 e. The average molecular weight is 292 g/mol. The van der Waals surface area contributed by atoms with Crippen LogP contribution in [0.3, 0.4) is 0 Å². The Hall–Kier alpha value is -1.79. The lowest BCUT2D eigenvalue weighted by Crippen LogP contribution is -2.40. The van der Waals surface area contributed by atoms with Crippen LogP contribution in [0, 0.1) is 0 Å². The third-order valence-electron chi connectivity index (χ3n) is 3.70. The summed E-state index contributed by atoms with van der Waals surface area (Å²) in [6, 6.07) is 5.39. The number of rotatable bonds is 3. The van der Waals surface area contributed by atoms with Gasteiger partial charge in [0, 0.05) is 19.5 Å². The molecule has 0 aromatic heterocycles. The van der Waals surface area contributed by atoms with Crippen molar-refractivity contribution in [3.63, 3.8) is 0 Å². The van der Waals surface area contributed by atoms with Gasteiger partial charge in [0.15, 0.2) is 11.5 Å². The molecule has 114 valence electrons. The maximum Gasteiger partial charge on any atom is 0.237 e. The second-order valence-electron chi connectivity index (χ2n) is 5.40. The van der Waals surface area contributed by atoms with E-state index in [0.29, 0.717) is 32.7 Å². The minimum Gasteiger partial charge on any atom is -0.490 e. The molecule has 1 aromatic rings. The van der Waals surface area contributed by atoms with E-state index < -0.39 is 6.10 Å². The molecule has 0 spiro atoms. The first-order chi connectivity index (χ1) is 10.2. The standard InChI is InChI=1S/C15H20N2O4/c18-11-7-12(16-9-11)15(19)17-8-10-2-3-13-14(6-10)21-5-1-4-20-13/h2-3,6,11-12,16,18H,1,4-5,7-9H2,(H,17,19)/t11-,12-/m1/s1. The normalized spacial score (nSPS) is 24.4. The van der Waals surface area contributed by atoms with Crippen LogP contribution in [0.1, 0.15) is 18.4 Å². The van der Waals surface area contributed by atoms with Crippen LogP contribution in [0.25, 0.3) is 0 Å². The fraction of sp³-hybridized carbons (Fsp3) is 0.533. The molecule has 2 aliphatic heterocycles. The van der Waals surface area contributed by atoms with E-state index in [1.807, 2.05) is 18.2 Å². The summed E-state index contributed by atoms with van der Waals surface area (Å²) >= 11 is 0. The third kappa shape index (κ3) is 3.46. The van der Waals surface area contributed by atoms with E-state index in [4.69, 9.17) is 9.47 Å². The van der Waals surface area contributed by atoms with Crippen molar-refractivity contribution >= 4 is 5.91 Å². The Morgan fingerprint density at radius 1 is 1.33 bits per heavy atom. The minimum absolute atomic E-state index is 0.0846. The Bertz CT molecular complexity index is 520. The summed E-state index contributed by atoms with van der Waals surface area (Å²) in [6.45, 7) is 2.22. The molecule has 0 bridgehead atoms. The number of carbonyl (C=O) groups is 1. The lowest BCUT2D eigenvalue weighted by atomic mass is 10.1. The molecule has 2 heterocycles. The van der Waals surface area contributed by atoms with E-state index in [9.17, 15) is 9.90 Å². The predicted molar refractivity (Wildman–Crippen MR) is 76.3 cm³/mol. The summed E-state index contributed by atoms with van der Waals surface area (Å²) in [4.78, 5) is 12.0. The zero-order valence-corrected chi connectivity index (χ0v) is 11.8. The van der Waals surface area contributed by atoms with Crippen LogP contribution in [0.4, 0.5) is 0 Å². The highest BCUT2D eigenvalue weighted by molar-refractivity contribution is 5.82. The van der Waals surface area contributed by atoms with Crippen molar-refractivity contribution in [2.45, 2.75) is 31.5 Å². The Morgan fingerprint density at radius 3 is 2.90 bits per heavy atom. The highest BCUT2D eigenvalue weighted by atomic mass is 16.5. The number of aliphatic hydroxyl groups is 1. The first-order valence-corrected chi connectivity index (χ1v) is 7.30. The molecule has 3 rings (SSSR count). The fourth-order valence-corrected chi connectivity index (χ4v) is 2.55. The summed E-state index contributed by atoms with van der Waals surface area (Å²) < 4.78 is 11.2. The van der Waals surface area contributed by atoms with Crippen molar-refractivity contribution in [2.75, 3.05) is 19.8 Å². The van der Waals surface area contributed by atoms with Gasteiger partial charge in [0.1, 0.15) is 0 Å². The lowest BCUT2D eigenvalue weighted by molar-refractivity contribution is -0.123. The van der Waals surface area contributed by atoms with E-state index in [-0.39, 0.29) is 11.9 Å². The van der Waals surface area contributed by atoms with Crippen LogP contribution in [0.2, 0.25) is 0 Å². The van der Waals surface area contributed by atoms with Crippen LogP contribution >= 0.6 is 0 Å². The molecular weight excluding hydrogens is 272 g/mol. The smallest absolute Gasteiger partial charge is 0.237 e. The van der Waals surface area contributed by atoms with Crippen molar-refractivity contribution in [1.82, 2.24) is 10.6 Å².